The van der Waals surface area contributed by atoms with Gasteiger partial charge in [0, 0.05) is 18.3 Å². The van der Waals surface area contributed by atoms with Gasteiger partial charge in [0.05, 0.1) is 17.7 Å². The van der Waals surface area contributed by atoms with E-state index in [2.05, 4.69) is 10.4 Å². The first-order chi connectivity index (χ1) is 9.40. The van der Waals surface area contributed by atoms with Crippen LogP contribution < -0.4 is 5.32 Å². The molecular weight excluding hydrogens is 278 g/mol. The van der Waals surface area contributed by atoms with Gasteiger partial charge in [-0.3, -0.25) is 9.48 Å². The van der Waals surface area contributed by atoms with E-state index < -0.39 is 5.97 Å². The lowest BCUT2D eigenvalue weighted by molar-refractivity contribution is -0.115. The molecular formula is C13H15N3O3S. The van der Waals surface area contributed by atoms with Gasteiger partial charge in [0.15, 0.2) is 0 Å². The van der Waals surface area contributed by atoms with Gasteiger partial charge >= 0.3 is 5.97 Å². The Bertz CT molecular complexity index is 672. The van der Waals surface area contributed by atoms with Crippen LogP contribution in [0.15, 0.2) is 11.4 Å². The third-order valence-corrected chi connectivity index (χ3v) is 3.97. The Kier molecular flexibility index (Phi) is 3.89. The first-order valence-corrected chi connectivity index (χ1v) is 6.87. The van der Waals surface area contributed by atoms with E-state index in [1.807, 2.05) is 20.9 Å². The molecule has 0 saturated carbocycles. The Morgan fingerprint density at radius 3 is 2.70 bits per heavy atom. The molecule has 20 heavy (non-hydrogen) atoms. The summed E-state index contributed by atoms with van der Waals surface area (Å²) in [7, 11) is 1.82. The fraction of sp³-hybridized carbons (Fsp3) is 0.308. The van der Waals surface area contributed by atoms with Gasteiger partial charge in [-0.2, -0.15) is 5.10 Å². The van der Waals surface area contributed by atoms with Crippen LogP contribution in [0, 0.1) is 13.8 Å². The minimum absolute atomic E-state index is 0.114. The predicted octanol–water partition coefficient (Wildman–Crippen LogP) is 1.98. The molecule has 2 aromatic heterocycles. The molecule has 0 aliphatic heterocycles. The Labute approximate surface area is 120 Å². The molecule has 0 unspecified atom stereocenters. The van der Waals surface area contributed by atoms with Gasteiger partial charge in [-0.15, -0.1) is 11.3 Å². The number of nitrogens with one attached hydrogen (secondary N) is 1. The number of hydrogen-bond donors (Lipinski definition) is 2. The van der Waals surface area contributed by atoms with Crippen molar-refractivity contribution < 1.29 is 14.7 Å². The summed E-state index contributed by atoms with van der Waals surface area (Å²) in [5.74, 6) is -1.29. The van der Waals surface area contributed by atoms with E-state index in [9.17, 15) is 9.59 Å². The average molecular weight is 293 g/mol. The molecule has 0 bridgehead atoms. The molecule has 7 heteroatoms. The van der Waals surface area contributed by atoms with E-state index in [0.29, 0.717) is 5.00 Å². The van der Waals surface area contributed by atoms with Gasteiger partial charge in [0.1, 0.15) is 5.00 Å². The van der Waals surface area contributed by atoms with Crippen LogP contribution in [0.2, 0.25) is 0 Å². The zero-order valence-electron chi connectivity index (χ0n) is 11.4. The molecule has 0 saturated heterocycles. The van der Waals surface area contributed by atoms with Crippen LogP contribution in [0.3, 0.4) is 0 Å². The molecule has 2 aromatic rings. The Hall–Kier alpha value is -2.15. The second-order valence-electron chi connectivity index (χ2n) is 4.47. The van der Waals surface area contributed by atoms with Crippen LogP contribution in [0.5, 0.6) is 0 Å². The maximum Gasteiger partial charge on any atom is 0.338 e. The number of aryl methyl sites for hydroxylation is 2. The summed E-state index contributed by atoms with van der Waals surface area (Å²) >= 11 is 1.20. The summed E-state index contributed by atoms with van der Waals surface area (Å²) in [5.41, 5.74) is 2.73. The topological polar surface area (TPSA) is 84.2 Å². The van der Waals surface area contributed by atoms with Crippen molar-refractivity contribution in [1.29, 1.82) is 0 Å². The monoisotopic (exact) mass is 293 g/mol. The third kappa shape index (κ3) is 2.72. The van der Waals surface area contributed by atoms with Crippen LogP contribution in [-0.2, 0) is 18.3 Å². The number of thiophene rings is 1. The van der Waals surface area contributed by atoms with Crippen molar-refractivity contribution in [3.63, 3.8) is 0 Å². The van der Waals surface area contributed by atoms with Crippen molar-refractivity contribution >= 4 is 28.2 Å². The van der Waals surface area contributed by atoms with Gasteiger partial charge < -0.3 is 10.4 Å². The zero-order valence-corrected chi connectivity index (χ0v) is 12.2. The highest BCUT2D eigenvalue weighted by molar-refractivity contribution is 7.14. The normalized spacial score (nSPS) is 10.6. The van der Waals surface area contributed by atoms with Crippen molar-refractivity contribution in [2.24, 2.45) is 7.05 Å². The third-order valence-electron chi connectivity index (χ3n) is 3.14. The summed E-state index contributed by atoms with van der Waals surface area (Å²) in [6, 6.07) is 1.48. The van der Waals surface area contributed by atoms with Crippen LogP contribution in [0.4, 0.5) is 5.00 Å². The van der Waals surface area contributed by atoms with E-state index in [1.165, 1.54) is 17.4 Å². The van der Waals surface area contributed by atoms with Crippen molar-refractivity contribution in [3.05, 3.63) is 34.0 Å². The first kappa shape index (κ1) is 14.3. The molecule has 2 N–H and O–H groups in total. The molecule has 0 spiro atoms. The van der Waals surface area contributed by atoms with E-state index in [4.69, 9.17) is 5.11 Å². The molecule has 6 nitrogen and oxygen atoms in total. The van der Waals surface area contributed by atoms with E-state index in [-0.39, 0.29) is 17.9 Å². The molecule has 1 amide bonds. The fourth-order valence-corrected chi connectivity index (χ4v) is 2.77. The molecule has 0 atom stereocenters. The number of carboxylic acids is 1. The number of carbonyl (C=O) groups excluding carboxylic acids is 1. The van der Waals surface area contributed by atoms with Crippen molar-refractivity contribution in [2.45, 2.75) is 20.3 Å². The van der Waals surface area contributed by atoms with Crippen LogP contribution in [-0.4, -0.2) is 26.8 Å². The largest absolute Gasteiger partial charge is 0.478 e. The summed E-state index contributed by atoms with van der Waals surface area (Å²) in [6.07, 6.45) is 0.183. The lowest BCUT2D eigenvalue weighted by Gasteiger charge is -2.05. The van der Waals surface area contributed by atoms with Crippen molar-refractivity contribution in [1.82, 2.24) is 9.78 Å². The highest BCUT2D eigenvalue weighted by Crippen LogP contribution is 2.23. The zero-order chi connectivity index (χ0) is 14.9. The number of aromatic carboxylic acids is 1. The maximum atomic E-state index is 12.0. The minimum atomic E-state index is -1.05. The standard InChI is InChI=1S/C13H15N3O3S/c1-7-10(8(2)16(3)15-7)6-11(17)14-12-9(13(18)19)4-5-20-12/h4-5H,6H2,1-3H3,(H,14,17)(H,18,19). The minimum Gasteiger partial charge on any atom is -0.478 e. The number of carbonyl (C=O) groups is 2. The van der Waals surface area contributed by atoms with Crippen LogP contribution >= 0.6 is 11.3 Å². The predicted molar refractivity (Wildman–Crippen MR) is 76.3 cm³/mol. The van der Waals surface area contributed by atoms with Gasteiger partial charge in [0.2, 0.25) is 5.91 Å². The Morgan fingerprint density at radius 1 is 1.45 bits per heavy atom. The SMILES string of the molecule is Cc1nn(C)c(C)c1CC(=O)Nc1sccc1C(=O)O. The fourth-order valence-electron chi connectivity index (χ4n) is 1.98. The summed E-state index contributed by atoms with van der Waals surface area (Å²) in [4.78, 5) is 23.0. The average Bonchev–Trinajstić information content (AvgIpc) is 2.90. The lowest BCUT2D eigenvalue weighted by atomic mass is 10.1. The van der Waals surface area contributed by atoms with E-state index >= 15 is 0 Å². The highest BCUT2D eigenvalue weighted by Gasteiger charge is 2.17. The van der Waals surface area contributed by atoms with Gasteiger partial charge in [-0.05, 0) is 25.3 Å². The number of amides is 1. The molecule has 2 heterocycles. The van der Waals surface area contributed by atoms with Gasteiger partial charge in [-0.25, -0.2) is 4.79 Å². The van der Waals surface area contributed by atoms with E-state index in [1.54, 1.807) is 10.1 Å². The number of rotatable bonds is 4. The summed E-state index contributed by atoms with van der Waals surface area (Å²) in [5, 5.41) is 17.9. The number of aromatic nitrogens is 2. The van der Waals surface area contributed by atoms with Crippen LogP contribution in [0.25, 0.3) is 0 Å². The molecule has 106 valence electrons. The number of hydrogen-bond acceptors (Lipinski definition) is 4. The maximum absolute atomic E-state index is 12.0. The molecule has 0 radical (unpaired) electrons. The van der Waals surface area contributed by atoms with Crippen LogP contribution in [0.1, 0.15) is 27.3 Å². The second-order valence-corrected chi connectivity index (χ2v) is 5.38. The Balaban J connectivity index is 2.13. The quantitative estimate of drug-likeness (QED) is 0.902. The molecule has 0 aliphatic rings. The second kappa shape index (κ2) is 5.46. The summed E-state index contributed by atoms with van der Waals surface area (Å²) in [6.45, 7) is 3.75. The highest BCUT2D eigenvalue weighted by atomic mass is 32.1. The van der Waals surface area contributed by atoms with Gasteiger partial charge in [-0.1, -0.05) is 0 Å². The molecule has 0 aromatic carbocycles. The Morgan fingerprint density at radius 2 is 2.15 bits per heavy atom. The number of nitrogens with zero attached hydrogens (tertiary/aromatic N) is 2. The molecule has 2 rings (SSSR count). The number of anilines is 1. The lowest BCUT2D eigenvalue weighted by Crippen LogP contribution is -2.16. The van der Waals surface area contributed by atoms with E-state index in [0.717, 1.165) is 17.0 Å². The van der Waals surface area contributed by atoms with Crippen molar-refractivity contribution in [3.8, 4) is 0 Å². The van der Waals surface area contributed by atoms with Crippen molar-refractivity contribution in [2.75, 3.05) is 5.32 Å². The van der Waals surface area contributed by atoms with Gasteiger partial charge in [0.25, 0.3) is 0 Å². The number of carboxylic acid groups (broad SMARTS) is 1. The smallest absolute Gasteiger partial charge is 0.338 e. The molecule has 0 fully saturated rings. The molecule has 0 aliphatic carbocycles. The summed E-state index contributed by atoms with van der Waals surface area (Å²) < 4.78 is 1.73. The first-order valence-electron chi connectivity index (χ1n) is 6.00.